The van der Waals surface area contributed by atoms with Crippen molar-refractivity contribution >= 4 is 11.8 Å². The second kappa shape index (κ2) is 8.66. The molecule has 1 N–H and O–H groups in total. The van der Waals surface area contributed by atoms with Crippen LogP contribution >= 0.6 is 0 Å². The van der Waals surface area contributed by atoms with Gasteiger partial charge in [0.05, 0.1) is 18.0 Å². The zero-order valence-electron chi connectivity index (χ0n) is 15.8. The Morgan fingerprint density at radius 3 is 2.74 bits per heavy atom. The van der Waals surface area contributed by atoms with E-state index in [1.165, 1.54) is 0 Å². The summed E-state index contributed by atoms with van der Waals surface area (Å²) in [5.41, 5.74) is 1.79. The van der Waals surface area contributed by atoms with E-state index in [2.05, 4.69) is 15.6 Å². The number of carbonyl (C=O) groups is 2. The molecule has 0 bridgehead atoms. The van der Waals surface area contributed by atoms with Crippen LogP contribution in [0.2, 0.25) is 0 Å². The highest BCUT2D eigenvalue weighted by molar-refractivity contribution is 5.93. The summed E-state index contributed by atoms with van der Waals surface area (Å²) < 4.78 is 7.07. The second-order valence-corrected chi connectivity index (χ2v) is 6.46. The number of nitrogens with one attached hydrogen (secondary N) is 1. The maximum Gasteiger partial charge on any atom is 0.273 e. The highest BCUT2D eigenvalue weighted by Gasteiger charge is 2.20. The highest BCUT2D eigenvalue weighted by Crippen LogP contribution is 2.17. The second-order valence-electron chi connectivity index (χ2n) is 6.46. The van der Waals surface area contributed by atoms with Crippen molar-refractivity contribution in [1.82, 2.24) is 25.2 Å². The summed E-state index contributed by atoms with van der Waals surface area (Å²) in [5, 5.41) is 11.0. The lowest BCUT2D eigenvalue weighted by atomic mass is 10.2. The first-order valence-corrected chi connectivity index (χ1v) is 9.31. The first-order chi connectivity index (χ1) is 13.1. The van der Waals surface area contributed by atoms with Gasteiger partial charge in [-0.05, 0) is 51.0 Å². The van der Waals surface area contributed by atoms with E-state index < -0.39 is 0 Å². The van der Waals surface area contributed by atoms with Crippen LogP contribution < -0.4 is 10.1 Å². The molecule has 0 aliphatic carbocycles. The highest BCUT2D eigenvalue weighted by atomic mass is 16.5. The van der Waals surface area contributed by atoms with Crippen molar-refractivity contribution in [3.63, 3.8) is 0 Å². The molecular formula is C19H25N5O3. The van der Waals surface area contributed by atoms with Crippen molar-refractivity contribution in [3.05, 3.63) is 35.7 Å². The fraction of sp³-hybridized carbons (Fsp3) is 0.474. The number of ether oxygens (including phenoxy) is 1. The number of likely N-dealkylation sites (tertiary alicyclic amines) is 1. The van der Waals surface area contributed by atoms with Gasteiger partial charge in [-0.1, -0.05) is 5.21 Å². The van der Waals surface area contributed by atoms with Crippen LogP contribution in [0, 0.1) is 6.92 Å². The van der Waals surface area contributed by atoms with Crippen LogP contribution in [0.1, 0.15) is 42.4 Å². The molecule has 1 aromatic carbocycles. The van der Waals surface area contributed by atoms with Crippen LogP contribution in [0.4, 0.5) is 0 Å². The van der Waals surface area contributed by atoms with Gasteiger partial charge in [0.1, 0.15) is 5.75 Å². The molecule has 1 aliphatic heterocycles. The Hall–Kier alpha value is -2.90. The molecule has 3 rings (SSSR count). The molecule has 1 saturated heterocycles. The van der Waals surface area contributed by atoms with Gasteiger partial charge in [0, 0.05) is 26.1 Å². The number of hydrogen-bond donors (Lipinski definition) is 1. The van der Waals surface area contributed by atoms with E-state index in [1.54, 1.807) is 4.68 Å². The molecule has 8 nitrogen and oxygen atoms in total. The molecule has 2 amide bonds. The minimum atomic E-state index is -0.252. The quantitative estimate of drug-likeness (QED) is 0.714. The van der Waals surface area contributed by atoms with E-state index in [1.807, 2.05) is 43.0 Å². The molecular weight excluding hydrogens is 346 g/mol. The average molecular weight is 371 g/mol. The Bertz CT molecular complexity index is 800. The molecule has 1 fully saturated rings. The van der Waals surface area contributed by atoms with Crippen LogP contribution in [-0.2, 0) is 4.79 Å². The summed E-state index contributed by atoms with van der Waals surface area (Å²) in [6, 6.07) is 7.47. The summed E-state index contributed by atoms with van der Waals surface area (Å²) in [6.45, 7) is 6.35. The van der Waals surface area contributed by atoms with Crippen LogP contribution in [0.15, 0.2) is 24.3 Å². The van der Waals surface area contributed by atoms with E-state index in [9.17, 15) is 9.59 Å². The van der Waals surface area contributed by atoms with Crippen molar-refractivity contribution in [2.75, 3.05) is 26.2 Å². The Labute approximate surface area is 158 Å². The minimum Gasteiger partial charge on any atom is -0.494 e. The molecule has 27 heavy (non-hydrogen) atoms. The lowest BCUT2D eigenvalue weighted by Gasteiger charge is -2.15. The van der Waals surface area contributed by atoms with E-state index in [-0.39, 0.29) is 11.8 Å². The third-order valence-electron chi connectivity index (χ3n) is 4.56. The topological polar surface area (TPSA) is 89.3 Å². The third kappa shape index (κ3) is 4.45. The Morgan fingerprint density at radius 2 is 2.07 bits per heavy atom. The Kier molecular flexibility index (Phi) is 6.05. The lowest BCUT2D eigenvalue weighted by molar-refractivity contribution is -0.127. The van der Waals surface area contributed by atoms with E-state index in [0.29, 0.717) is 37.5 Å². The SMILES string of the molecule is CCOc1ccc(-n2nnc(C(=O)NCCCN3CCCC3=O)c2C)cc1. The molecule has 0 spiro atoms. The molecule has 0 unspecified atom stereocenters. The number of carbonyl (C=O) groups excluding carboxylic acids is 2. The summed E-state index contributed by atoms with van der Waals surface area (Å²) in [6.07, 6.45) is 2.29. The van der Waals surface area contributed by atoms with Gasteiger partial charge in [-0.3, -0.25) is 9.59 Å². The third-order valence-corrected chi connectivity index (χ3v) is 4.56. The molecule has 1 aromatic heterocycles. The summed E-state index contributed by atoms with van der Waals surface area (Å²) in [4.78, 5) is 25.8. The van der Waals surface area contributed by atoms with Crippen molar-refractivity contribution in [2.24, 2.45) is 0 Å². The number of benzene rings is 1. The van der Waals surface area contributed by atoms with Crippen LogP contribution in [0.3, 0.4) is 0 Å². The maximum atomic E-state index is 12.4. The van der Waals surface area contributed by atoms with E-state index >= 15 is 0 Å². The first kappa shape index (κ1) is 18.9. The predicted octanol–water partition coefficient (Wildman–Crippen LogP) is 1.72. The molecule has 1 aliphatic rings. The number of nitrogens with zero attached hydrogens (tertiary/aromatic N) is 4. The van der Waals surface area contributed by atoms with Gasteiger partial charge >= 0.3 is 0 Å². The van der Waals surface area contributed by atoms with Gasteiger partial charge in [-0.2, -0.15) is 0 Å². The zero-order chi connectivity index (χ0) is 19.2. The van der Waals surface area contributed by atoms with Crippen LogP contribution in [-0.4, -0.2) is 57.9 Å². The van der Waals surface area contributed by atoms with Gasteiger partial charge < -0.3 is 15.0 Å². The maximum absolute atomic E-state index is 12.4. The van der Waals surface area contributed by atoms with Crippen molar-refractivity contribution < 1.29 is 14.3 Å². The van der Waals surface area contributed by atoms with Crippen molar-refractivity contribution in [1.29, 1.82) is 0 Å². The summed E-state index contributed by atoms with van der Waals surface area (Å²) in [7, 11) is 0. The fourth-order valence-electron chi connectivity index (χ4n) is 3.13. The normalized spacial score (nSPS) is 13.9. The predicted molar refractivity (Wildman–Crippen MR) is 100 cm³/mol. The number of aromatic nitrogens is 3. The number of hydrogen-bond acceptors (Lipinski definition) is 5. The fourth-order valence-corrected chi connectivity index (χ4v) is 3.13. The van der Waals surface area contributed by atoms with Crippen molar-refractivity contribution in [2.45, 2.75) is 33.1 Å². The van der Waals surface area contributed by atoms with Crippen LogP contribution in [0.25, 0.3) is 5.69 Å². The average Bonchev–Trinajstić information content (AvgIpc) is 3.25. The van der Waals surface area contributed by atoms with E-state index in [4.69, 9.17) is 4.74 Å². The summed E-state index contributed by atoms with van der Waals surface area (Å²) >= 11 is 0. The monoisotopic (exact) mass is 371 g/mol. The van der Waals surface area contributed by atoms with Gasteiger partial charge in [0.15, 0.2) is 5.69 Å². The molecule has 0 saturated carbocycles. The molecule has 0 radical (unpaired) electrons. The number of rotatable bonds is 8. The van der Waals surface area contributed by atoms with Crippen molar-refractivity contribution in [3.8, 4) is 11.4 Å². The standard InChI is InChI=1S/C19H25N5O3/c1-3-27-16-9-7-15(8-10-16)24-14(2)18(21-22-24)19(26)20-11-5-13-23-12-4-6-17(23)25/h7-10H,3-6,11-13H2,1-2H3,(H,20,26). The lowest BCUT2D eigenvalue weighted by Crippen LogP contribution is -2.31. The molecule has 8 heteroatoms. The largest absolute Gasteiger partial charge is 0.494 e. The molecule has 2 aromatic rings. The molecule has 144 valence electrons. The van der Waals surface area contributed by atoms with Gasteiger partial charge in [-0.15, -0.1) is 5.10 Å². The molecule has 2 heterocycles. The number of amides is 2. The van der Waals surface area contributed by atoms with Crippen LogP contribution in [0.5, 0.6) is 5.75 Å². The summed E-state index contributed by atoms with van der Waals surface area (Å²) in [5.74, 6) is 0.737. The van der Waals surface area contributed by atoms with Gasteiger partial charge in [0.2, 0.25) is 5.91 Å². The zero-order valence-corrected chi connectivity index (χ0v) is 15.8. The van der Waals surface area contributed by atoms with E-state index in [0.717, 1.165) is 30.8 Å². The Balaban J connectivity index is 1.55. The smallest absolute Gasteiger partial charge is 0.273 e. The Morgan fingerprint density at radius 1 is 1.30 bits per heavy atom. The minimum absolute atomic E-state index is 0.204. The van der Waals surface area contributed by atoms with Gasteiger partial charge in [0.25, 0.3) is 5.91 Å². The molecule has 0 atom stereocenters. The van der Waals surface area contributed by atoms with Gasteiger partial charge in [-0.25, -0.2) is 4.68 Å². The first-order valence-electron chi connectivity index (χ1n) is 9.31.